The van der Waals surface area contributed by atoms with E-state index in [1.54, 1.807) is 0 Å². The van der Waals surface area contributed by atoms with E-state index in [0.29, 0.717) is 0 Å². The average Bonchev–Trinajstić information content (AvgIpc) is 0. The van der Waals surface area contributed by atoms with Gasteiger partial charge >= 0.3 is 0 Å². The van der Waals surface area contributed by atoms with Crippen LogP contribution in [0.1, 0.15) is 0 Å². The van der Waals surface area contributed by atoms with E-state index < -0.39 is 0 Å². The molecule has 0 aliphatic rings. The number of hydrogen-bond acceptors (Lipinski definition) is 0. The zero-order valence-electron chi connectivity index (χ0n) is 1.42. The summed E-state index contributed by atoms with van der Waals surface area (Å²) in [5.74, 6) is 0. The van der Waals surface area contributed by atoms with E-state index >= 15 is 0 Å². The molecule has 4 heavy (non-hydrogen) atoms. The molecule has 0 aromatic rings. The third kappa shape index (κ3) is 9.39. The van der Waals surface area contributed by atoms with Crippen LogP contribution < -0.4 is 0 Å². The van der Waals surface area contributed by atoms with Crippen LogP contribution in [0.3, 0.4) is 0 Å². The van der Waals surface area contributed by atoms with Crippen LogP contribution in [-0.2, 0) is 37.2 Å². The fraction of sp³-hybridized carbons (Fsp3) is 0. The van der Waals surface area contributed by atoms with Crippen LogP contribution in [0.5, 0.6) is 0 Å². The van der Waals surface area contributed by atoms with E-state index in [2.05, 4.69) is 0 Å². The van der Waals surface area contributed by atoms with Crippen LogP contribution in [0.2, 0.25) is 0 Å². The van der Waals surface area contributed by atoms with Gasteiger partial charge in [-0.05, 0) is 0 Å². The van der Waals surface area contributed by atoms with Crippen LogP contribution in [0.15, 0.2) is 0 Å². The van der Waals surface area contributed by atoms with Gasteiger partial charge in [0.1, 0.15) is 0 Å². The van der Waals surface area contributed by atoms with Gasteiger partial charge in [-0.1, -0.05) is 0 Å². The molecule has 0 amide bonds. The molecule has 0 aromatic heterocycles. The van der Waals surface area contributed by atoms with Crippen molar-refractivity contribution >= 4 is 18.3 Å². The van der Waals surface area contributed by atoms with E-state index in [4.69, 9.17) is 0 Å². The van der Waals surface area contributed by atoms with Gasteiger partial charge < -0.3 is 0 Å². The summed E-state index contributed by atoms with van der Waals surface area (Å²) in [6.07, 6.45) is 0. The average molecular weight is 293 g/mol. The van der Waals surface area contributed by atoms with Crippen molar-refractivity contribution in [3.63, 3.8) is 0 Å². The van der Waals surface area contributed by atoms with Gasteiger partial charge in [0.05, 0.1) is 8.41 Å². The minimum absolute atomic E-state index is 0. The van der Waals surface area contributed by atoms with Crippen molar-refractivity contribution in [3.05, 3.63) is 0 Å². The zero-order valence-corrected chi connectivity index (χ0v) is 6.59. The van der Waals surface area contributed by atoms with Crippen LogP contribution in [0, 0.1) is 0 Å². The molecule has 0 fully saturated rings. The molecule has 30 valence electrons. The van der Waals surface area contributed by atoms with Crippen molar-refractivity contribution < 1.29 is 37.2 Å². The summed E-state index contributed by atoms with van der Waals surface area (Å²) in [6, 6.07) is 0. The van der Waals surface area contributed by atoms with Gasteiger partial charge in [-0.2, -0.15) is 9.90 Å². The Kier molecular flexibility index (Phi) is 252. The summed E-state index contributed by atoms with van der Waals surface area (Å²) in [6.45, 7) is 0. The summed E-state index contributed by atoms with van der Waals surface area (Å²) < 4.78 is 0. The van der Waals surface area contributed by atoms with Crippen molar-refractivity contribution in [2.75, 3.05) is 0 Å². The molecule has 0 aliphatic heterocycles. The maximum atomic E-state index is 0. The van der Waals surface area contributed by atoms with Gasteiger partial charge in [0.2, 0.25) is 0 Å². The van der Waals surface area contributed by atoms with Gasteiger partial charge in [-0.25, -0.2) is 0 Å². The molecule has 0 saturated carbocycles. The van der Waals surface area contributed by atoms with Crippen molar-refractivity contribution in [2.45, 2.75) is 0 Å². The quantitative estimate of drug-likeness (QED) is 0.392. The molecule has 4 heteroatoms. The predicted octanol–water partition coefficient (Wildman–Crippen LogP) is -1.13. The number of rotatable bonds is 0. The molecule has 0 saturated heterocycles. The molecular formula is H6BCoPRe. The molecule has 0 N–H and O–H groups in total. The molecule has 0 aliphatic carbocycles. The third-order valence-electron chi connectivity index (χ3n) is 0. The van der Waals surface area contributed by atoms with Gasteiger partial charge in [-0.3, -0.25) is 0 Å². The van der Waals surface area contributed by atoms with E-state index in [-0.39, 0.29) is 55.5 Å². The van der Waals surface area contributed by atoms with Gasteiger partial charge in [0, 0.05) is 37.2 Å². The second-order valence-electron chi connectivity index (χ2n) is 0. The first kappa shape index (κ1) is 44.5. The normalized spacial score (nSPS) is 0. The van der Waals surface area contributed by atoms with E-state index in [1.165, 1.54) is 0 Å². The summed E-state index contributed by atoms with van der Waals surface area (Å²) in [4.78, 5) is 0. The Hall–Kier alpha value is 1.66. The van der Waals surface area contributed by atoms with Crippen LogP contribution in [0.25, 0.3) is 0 Å². The first-order chi connectivity index (χ1) is 0. The Morgan fingerprint density at radius 2 is 1.00 bits per heavy atom. The molecule has 1 atom stereocenters. The van der Waals surface area contributed by atoms with Crippen molar-refractivity contribution in [1.29, 1.82) is 0 Å². The van der Waals surface area contributed by atoms with Crippen molar-refractivity contribution in [3.8, 4) is 0 Å². The van der Waals surface area contributed by atoms with Gasteiger partial charge in [0.25, 0.3) is 0 Å². The minimum Gasteiger partial charge on any atom is -0.153 e. The zero-order chi connectivity index (χ0) is 0. The van der Waals surface area contributed by atoms with Crippen LogP contribution in [0.4, 0.5) is 0 Å². The smallest absolute Gasteiger partial charge is 0.0814 e. The SMILES string of the molecule is B.P.[Co].[Re]. The first-order valence-corrected chi connectivity index (χ1v) is 0. The third-order valence-corrected chi connectivity index (χ3v) is 0. The Bertz CT molecular complexity index is 8.00. The Morgan fingerprint density at radius 1 is 1.00 bits per heavy atom. The monoisotopic (exact) mass is 294 g/mol. The van der Waals surface area contributed by atoms with Crippen molar-refractivity contribution in [2.24, 2.45) is 0 Å². The molecule has 0 nitrogen and oxygen atoms in total. The van der Waals surface area contributed by atoms with E-state index in [1.807, 2.05) is 0 Å². The van der Waals surface area contributed by atoms with Crippen LogP contribution in [-0.4, -0.2) is 8.41 Å². The molecule has 0 aromatic carbocycles. The van der Waals surface area contributed by atoms with E-state index in [0.717, 1.165) is 0 Å². The second-order valence-corrected chi connectivity index (χ2v) is 0. The first-order valence-electron chi connectivity index (χ1n) is 0. The topological polar surface area (TPSA) is 0 Å². The Labute approximate surface area is 55.5 Å². The Balaban J connectivity index is 0. The molecule has 0 heterocycles. The summed E-state index contributed by atoms with van der Waals surface area (Å²) >= 11 is 0. The summed E-state index contributed by atoms with van der Waals surface area (Å²) in [7, 11) is 0. The largest absolute Gasteiger partial charge is 0.153 e. The maximum absolute atomic E-state index is 0. The van der Waals surface area contributed by atoms with Crippen LogP contribution >= 0.6 is 9.90 Å². The second kappa shape index (κ2) is 22.6. The molecular weight excluding hydrogens is 287 g/mol. The molecule has 0 rings (SSSR count). The summed E-state index contributed by atoms with van der Waals surface area (Å²) in [5.41, 5.74) is 0. The Morgan fingerprint density at radius 3 is 1.00 bits per heavy atom. The minimum atomic E-state index is 0. The fourth-order valence-corrected chi connectivity index (χ4v) is 0. The van der Waals surface area contributed by atoms with Gasteiger partial charge in [-0.15, -0.1) is 0 Å². The molecule has 0 spiro atoms. The molecule has 2 radical (unpaired) electrons. The maximum Gasteiger partial charge on any atom is 0.0814 e. The standard InChI is InChI=1S/BH3.Co.H3P.Re/h1H3;;1H3;. The molecule has 1 unspecified atom stereocenters. The van der Waals surface area contributed by atoms with Gasteiger partial charge in [0.15, 0.2) is 0 Å². The fourth-order valence-electron chi connectivity index (χ4n) is 0. The summed E-state index contributed by atoms with van der Waals surface area (Å²) in [5, 5.41) is 0. The predicted molar refractivity (Wildman–Crippen MR) is 21.0 cm³/mol. The van der Waals surface area contributed by atoms with Crippen molar-refractivity contribution in [1.82, 2.24) is 0 Å². The number of hydrogen-bond donors (Lipinski definition) is 0. The van der Waals surface area contributed by atoms with E-state index in [9.17, 15) is 0 Å². The molecule has 0 bridgehead atoms.